The second-order valence-corrected chi connectivity index (χ2v) is 4.42. The highest BCUT2D eigenvalue weighted by Crippen LogP contribution is 2.38. The minimum atomic E-state index is 0.623. The molecule has 1 heterocycles. The summed E-state index contributed by atoms with van der Waals surface area (Å²) in [6, 6.07) is 3.89. The molecule has 18 heavy (non-hydrogen) atoms. The van der Waals surface area contributed by atoms with Crippen molar-refractivity contribution in [3.05, 3.63) is 12.1 Å². The van der Waals surface area contributed by atoms with Gasteiger partial charge in [0.25, 0.3) is 0 Å². The van der Waals surface area contributed by atoms with Crippen molar-refractivity contribution in [3.63, 3.8) is 0 Å². The van der Waals surface area contributed by atoms with E-state index in [2.05, 4.69) is 4.90 Å². The van der Waals surface area contributed by atoms with Crippen LogP contribution in [0.4, 0.5) is 11.4 Å². The minimum absolute atomic E-state index is 0.623. The first-order chi connectivity index (χ1) is 8.76. The first kappa shape index (κ1) is 12.9. The van der Waals surface area contributed by atoms with Crippen LogP contribution in [-0.2, 0) is 0 Å². The first-order valence-electron chi connectivity index (χ1n) is 6.70. The topological polar surface area (TPSA) is 47.7 Å². The molecule has 0 aromatic heterocycles. The van der Waals surface area contributed by atoms with E-state index in [0.29, 0.717) is 18.9 Å². The maximum atomic E-state index is 5.98. The zero-order valence-electron chi connectivity index (χ0n) is 11.2. The van der Waals surface area contributed by atoms with Crippen molar-refractivity contribution in [1.29, 1.82) is 0 Å². The molecule has 100 valence electrons. The van der Waals surface area contributed by atoms with Crippen molar-refractivity contribution in [2.75, 3.05) is 36.9 Å². The summed E-state index contributed by atoms with van der Waals surface area (Å²) in [5, 5.41) is 0. The van der Waals surface area contributed by atoms with Crippen molar-refractivity contribution in [3.8, 4) is 11.5 Å². The lowest BCUT2D eigenvalue weighted by Gasteiger charge is -2.22. The van der Waals surface area contributed by atoms with Gasteiger partial charge >= 0.3 is 0 Å². The Kier molecular flexibility index (Phi) is 4.18. The largest absolute Gasteiger partial charge is 0.492 e. The summed E-state index contributed by atoms with van der Waals surface area (Å²) in [5.41, 5.74) is 7.73. The molecule has 0 radical (unpaired) electrons. The fraction of sp³-hybridized carbons (Fsp3) is 0.571. The smallest absolute Gasteiger partial charge is 0.144 e. The Hall–Kier alpha value is -1.58. The van der Waals surface area contributed by atoms with Crippen LogP contribution in [0.1, 0.15) is 26.7 Å². The van der Waals surface area contributed by atoms with Gasteiger partial charge in [-0.3, -0.25) is 0 Å². The molecule has 2 rings (SSSR count). The number of rotatable bonds is 5. The Morgan fingerprint density at radius 3 is 2.28 bits per heavy atom. The summed E-state index contributed by atoms with van der Waals surface area (Å²) in [4.78, 5) is 2.34. The average Bonchev–Trinajstić information content (AvgIpc) is 2.86. The van der Waals surface area contributed by atoms with E-state index >= 15 is 0 Å². The fourth-order valence-electron chi connectivity index (χ4n) is 2.32. The number of nitrogens with zero attached hydrogens (tertiary/aromatic N) is 1. The molecular formula is C14H22N2O2. The van der Waals surface area contributed by atoms with Gasteiger partial charge in [0.1, 0.15) is 11.5 Å². The highest BCUT2D eigenvalue weighted by Gasteiger charge is 2.19. The maximum Gasteiger partial charge on any atom is 0.144 e. The Balaban J connectivity index is 2.35. The molecule has 0 spiro atoms. The zero-order chi connectivity index (χ0) is 13.0. The van der Waals surface area contributed by atoms with Gasteiger partial charge in [0.2, 0.25) is 0 Å². The summed E-state index contributed by atoms with van der Waals surface area (Å²) < 4.78 is 11.2. The molecule has 0 saturated carbocycles. The van der Waals surface area contributed by atoms with Gasteiger partial charge in [-0.25, -0.2) is 0 Å². The minimum Gasteiger partial charge on any atom is -0.492 e. The van der Waals surface area contributed by atoms with Crippen LogP contribution >= 0.6 is 0 Å². The van der Waals surface area contributed by atoms with Gasteiger partial charge in [0.15, 0.2) is 0 Å². The van der Waals surface area contributed by atoms with Crippen LogP contribution in [0.15, 0.2) is 12.1 Å². The highest BCUT2D eigenvalue weighted by atomic mass is 16.5. The molecule has 0 bridgehead atoms. The molecule has 0 amide bonds. The lowest BCUT2D eigenvalue weighted by molar-refractivity contribution is 0.332. The van der Waals surface area contributed by atoms with Gasteiger partial charge in [0.05, 0.1) is 24.6 Å². The van der Waals surface area contributed by atoms with Crippen LogP contribution in [0, 0.1) is 0 Å². The van der Waals surface area contributed by atoms with E-state index in [-0.39, 0.29) is 0 Å². The monoisotopic (exact) mass is 250 g/mol. The average molecular weight is 250 g/mol. The predicted octanol–water partition coefficient (Wildman–Crippen LogP) is 2.67. The second-order valence-electron chi connectivity index (χ2n) is 4.42. The highest BCUT2D eigenvalue weighted by molar-refractivity contribution is 5.70. The van der Waals surface area contributed by atoms with Crippen LogP contribution in [0.3, 0.4) is 0 Å². The van der Waals surface area contributed by atoms with E-state index in [1.807, 2.05) is 26.0 Å². The number of nitrogen functional groups attached to an aromatic ring is 1. The third-order valence-corrected chi connectivity index (χ3v) is 3.14. The quantitative estimate of drug-likeness (QED) is 0.816. The summed E-state index contributed by atoms with van der Waals surface area (Å²) in [6.07, 6.45) is 2.47. The molecule has 0 aliphatic carbocycles. The number of hydrogen-bond acceptors (Lipinski definition) is 4. The molecule has 1 aromatic carbocycles. The van der Waals surface area contributed by atoms with Crippen LogP contribution < -0.4 is 20.1 Å². The lowest BCUT2D eigenvalue weighted by Crippen LogP contribution is -2.19. The molecule has 1 aliphatic rings. The van der Waals surface area contributed by atoms with E-state index in [4.69, 9.17) is 15.2 Å². The van der Waals surface area contributed by atoms with Crippen LogP contribution in [0.2, 0.25) is 0 Å². The van der Waals surface area contributed by atoms with Crippen LogP contribution in [-0.4, -0.2) is 26.3 Å². The van der Waals surface area contributed by atoms with E-state index in [9.17, 15) is 0 Å². The molecule has 1 aliphatic heterocycles. The summed E-state index contributed by atoms with van der Waals surface area (Å²) in [7, 11) is 0. The van der Waals surface area contributed by atoms with Gasteiger partial charge in [-0.1, -0.05) is 0 Å². The molecule has 1 aromatic rings. The molecule has 0 atom stereocenters. The Bertz CT molecular complexity index is 401. The molecule has 1 saturated heterocycles. The standard InChI is InChI=1S/C14H22N2O2/c1-3-17-13-10-12(16-7-5-6-8-16)14(18-4-2)9-11(13)15/h9-10H,3-8,15H2,1-2H3. The SMILES string of the molecule is CCOc1cc(N2CCCC2)c(OCC)cc1N. The predicted molar refractivity (Wildman–Crippen MR) is 74.6 cm³/mol. The van der Waals surface area contributed by atoms with Crippen molar-refractivity contribution < 1.29 is 9.47 Å². The Morgan fingerprint density at radius 2 is 1.67 bits per heavy atom. The van der Waals surface area contributed by atoms with E-state index in [0.717, 1.165) is 30.3 Å². The molecule has 4 nitrogen and oxygen atoms in total. The number of hydrogen-bond donors (Lipinski definition) is 1. The normalized spacial score (nSPS) is 14.9. The van der Waals surface area contributed by atoms with Crippen molar-refractivity contribution >= 4 is 11.4 Å². The van der Waals surface area contributed by atoms with Gasteiger partial charge < -0.3 is 20.1 Å². The number of nitrogens with two attached hydrogens (primary N) is 1. The maximum absolute atomic E-state index is 5.98. The number of benzene rings is 1. The third-order valence-electron chi connectivity index (χ3n) is 3.14. The van der Waals surface area contributed by atoms with Gasteiger partial charge in [-0.15, -0.1) is 0 Å². The number of ether oxygens (including phenoxy) is 2. The van der Waals surface area contributed by atoms with Crippen molar-refractivity contribution in [2.45, 2.75) is 26.7 Å². The van der Waals surface area contributed by atoms with Gasteiger partial charge in [-0.2, -0.15) is 0 Å². The van der Waals surface area contributed by atoms with Crippen LogP contribution in [0.5, 0.6) is 11.5 Å². The molecule has 0 unspecified atom stereocenters. The van der Waals surface area contributed by atoms with Crippen LogP contribution in [0.25, 0.3) is 0 Å². The van der Waals surface area contributed by atoms with Crippen molar-refractivity contribution in [1.82, 2.24) is 0 Å². The lowest BCUT2D eigenvalue weighted by atomic mass is 10.2. The number of anilines is 2. The summed E-state index contributed by atoms with van der Waals surface area (Å²) in [6.45, 7) is 7.38. The second kappa shape index (κ2) is 5.85. The van der Waals surface area contributed by atoms with E-state index < -0.39 is 0 Å². The fourth-order valence-corrected chi connectivity index (χ4v) is 2.32. The zero-order valence-corrected chi connectivity index (χ0v) is 11.2. The molecule has 1 fully saturated rings. The summed E-state index contributed by atoms with van der Waals surface area (Å²) in [5.74, 6) is 1.61. The molecular weight excluding hydrogens is 228 g/mol. The Morgan fingerprint density at radius 1 is 1.06 bits per heavy atom. The van der Waals surface area contributed by atoms with E-state index in [1.54, 1.807) is 0 Å². The van der Waals surface area contributed by atoms with Gasteiger partial charge in [-0.05, 0) is 26.7 Å². The Labute approximate surface area is 109 Å². The summed E-state index contributed by atoms with van der Waals surface area (Å²) >= 11 is 0. The molecule has 2 N–H and O–H groups in total. The molecule has 4 heteroatoms. The van der Waals surface area contributed by atoms with Crippen molar-refractivity contribution in [2.24, 2.45) is 0 Å². The van der Waals surface area contributed by atoms with E-state index in [1.165, 1.54) is 12.8 Å². The first-order valence-corrected chi connectivity index (χ1v) is 6.70. The third kappa shape index (κ3) is 2.63. The van der Waals surface area contributed by atoms with Gasteiger partial charge in [0, 0.05) is 25.2 Å².